The highest BCUT2D eigenvalue weighted by molar-refractivity contribution is 5.75. The molecule has 0 atom stereocenters. The summed E-state index contributed by atoms with van der Waals surface area (Å²) in [4.78, 5) is 13.0. The molecule has 4 nitrogen and oxygen atoms in total. The Hall–Kier alpha value is -1.24. The Labute approximate surface area is 78.5 Å². The molecule has 1 fully saturated rings. The number of rotatable bonds is 2. The van der Waals surface area contributed by atoms with Crippen molar-refractivity contribution in [2.45, 2.75) is 20.3 Å². The lowest BCUT2D eigenvalue weighted by Gasteiger charge is -2.37. The van der Waals surface area contributed by atoms with E-state index in [4.69, 9.17) is 5.26 Å². The van der Waals surface area contributed by atoms with Gasteiger partial charge in [0.05, 0.1) is 12.5 Å². The monoisotopic (exact) mass is 181 g/mol. The Morgan fingerprint density at radius 2 is 2.38 bits per heavy atom. The van der Waals surface area contributed by atoms with Crippen molar-refractivity contribution in [3.63, 3.8) is 0 Å². The van der Waals surface area contributed by atoms with Crippen molar-refractivity contribution in [3.8, 4) is 6.07 Å². The van der Waals surface area contributed by atoms with Gasteiger partial charge >= 0.3 is 6.03 Å². The van der Waals surface area contributed by atoms with E-state index in [1.807, 2.05) is 6.07 Å². The van der Waals surface area contributed by atoms with Crippen molar-refractivity contribution in [1.82, 2.24) is 10.2 Å². The molecule has 0 radical (unpaired) electrons. The van der Waals surface area contributed by atoms with Gasteiger partial charge in [-0.25, -0.2) is 4.79 Å². The van der Waals surface area contributed by atoms with Crippen molar-refractivity contribution < 1.29 is 4.79 Å². The van der Waals surface area contributed by atoms with Gasteiger partial charge in [0.1, 0.15) is 0 Å². The second kappa shape index (κ2) is 3.65. The molecule has 0 aromatic rings. The first-order valence-electron chi connectivity index (χ1n) is 4.45. The minimum Gasteiger partial charge on any atom is -0.337 e. The summed E-state index contributed by atoms with van der Waals surface area (Å²) in [5.41, 5.74) is 0.114. The highest BCUT2D eigenvalue weighted by Crippen LogP contribution is 2.19. The maximum absolute atomic E-state index is 11.3. The molecule has 1 aliphatic heterocycles. The van der Waals surface area contributed by atoms with Crippen LogP contribution in [0.15, 0.2) is 0 Å². The first-order chi connectivity index (χ1) is 6.05. The lowest BCUT2D eigenvalue weighted by atomic mass is 9.91. The van der Waals surface area contributed by atoms with E-state index in [9.17, 15) is 4.79 Å². The normalized spacial score (nSPS) is 20.7. The average molecular weight is 181 g/mol. The molecule has 1 aliphatic rings. The summed E-state index contributed by atoms with van der Waals surface area (Å²) >= 11 is 0. The molecule has 1 rings (SSSR count). The largest absolute Gasteiger partial charge is 0.337 e. The number of nitrogens with zero attached hydrogens (tertiary/aromatic N) is 2. The topological polar surface area (TPSA) is 56.1 Å². The lowest BCUT2D eigenvalue weighted by Crippen LogP contribution is -2.54. The van der Waals surface area contributed by atoms with Crippen molar-refractivity contribution in [2.75, 3.05) is 19.6 Å². The number of carbonyl (C=O) groups excluding carboxylic acids is 1. The zero-order valence-electron chi connectivity index (χ0n) is 8.13. The zero-order valence-corrected chi connectivity index (χ0v) is 8.13. The van der Waals surface area contributed by atoms with Gasteiger partial charge in [-0.3, -0.25) is 0 Å². The van der Waals surface area contributed by atoms with E-state index in [2.05, 4.69) is 19.2 Å². The van der Waals surface area contributed by atoms with Crippen LogP contribution in [0.25, 0.3) is 0 Å². The average Bonchev–Trinajstić information content (AvgIpc) is 2.07. The summed E-state index contributed by atoms with van der Waals surface area (Å²) in [5, 5.41) is 11.2. The van der Waals surface area contributed by atoms with Crippen molar-refractivity contribution in [3.05, 3.63) is 0 Å². The van der Waals surface area contributed by atoms with Gasteiger partial charge < -0.3 is 10.2 Å². The molecular weight excluding hydrogens is 166 g/mol. The van der Waals surface area contributed by atoms with Crippen molar-refractivity contribution in [1.29, 1.82) is 5.26 Å². The summed E-state index contributed by atoms with van der Waals surface area (Å²) in [5.74, 6) is 0. The van der Waals surface area contributed by atoms with Gasteiger partial charge in [0.2, 0.25) is 0 Å². The van der Waals surface area contributed by atoms with Crippen LogP contribution in [-0.2, 0) is 0 Å². The highest BCUT2D eigenvalue weighted by Gasteiger charge is 2.30. The third kappa shape index (κ3) is 2.62. The number of amides is 2. The van der Waals surface area contributed by atoms with Gasteiger partial charge in [-0.15, -0.1) is 0 Å². The summed E-state index contributed by atoms with van der Waals surface area (Å²) < 4.78 is 0. The predicted molar refractivity (Wildman–Crippen MR) is 49.0 cm³/mol. The predicted octanol–water partition coefficient (Wildman–Crippen LogP) is 0.951. The summed E-state index contributed by atoms with van der Waals surface area (Å²) in [6.45, 7) is 6.19. The van der Waals surface area contributed by atoms with Gasteiger partial charge in [0.25, 0.3) is 0 Å². The maximum atomic E-state index is 11.3. The minimum atomic E-state index is -0.0467. The number of urea groups is 1. The third-order valence-corrected chi connectivity index (χ3v) is 2.12. The Morgan fingerprint density at radius 1 is 1.69 bits per heavy atom. The summed E-state index contributed by atoms with van der Waals surface area (Å²) in [6, 6.07) is 1.99. The molecule has 1 saturated heterocycles. The lowest BCUT2D eigenvalue weighted by molar-refractivity contribution is 0.139. The van der Waals surface area contributed by atoms with Gasteiger partial charge in [-0.1, -0.05) is 13.8 Å². The second-order valence-corrected chi connectivity index (χ2v) is 4.15. The van der Waals surface area contributed by atoms with Crippen LogP contribution in [0, 0.1) is 16.7 Å². The fraction of sp³-hybridized carbons (Fsp3) is 0.778. The Balaban J connectivity index is 2.51. The molecule has 0 aromatic heterocycles. The van der Waals surface area contributed by atoms with Crippen LogP contribution < -0.4 is 5.32 Å². The molecule has 0 aromatic carbocycles. The van der Waals surface area contributed by atoms with Crippen LogP contribution in [0.4, 0.5) is 4.79 Å². The highest BCUT2D eigenvalue weighted by atomic mass is 16.2. The molecule has 1 N–H and O–H groups in total. The molecule has 0 aliphatic carbocycles. The standard InChI is InChI=1S/C9H15N3O/c1-9(2)6-11-8(13)12(7-9)5-3-4-10/h3,5-7H2,1-2H3,(H,11,13). The number of nitriles is 1. The molecular formula is C9H15N3O. The zero-order chi connectivity index (χ0) is 9.90. The van der Waals surface area contributed by atoms with E-state index in [0.717, 1.165) is 13.1 Å². The molecule has 4 heteroatoms. The minimum absolute atomic E-state index is 0.0467. The van der Waals surface area contributed by atoms with E-state index >= 15 is 0 Å². The molecule has 0 bridgehead atoms. The smallest absolute Gasteiger partial charge is 0.317 e. The van der Waals surface area contributed by atoms with Crippen molar-refractivity contribution in [2.24, 2.45) is 5.41 Å². The Kier molecular flexibility index (Phi) is 2.76. The fourth-order valence-electron chi connectivity index (χ4n) is 1.44. The maximum Gasteiger partial charge on any atom is 0.317 e. The van der Waals surface area contributed by atoms with E-state index < -0.39 is 0 Å². The first-order valence-corrected chi connectivity index (χ1v) is 4.45. The van der Waals surface area contributed by atoms with E-state index in [1.54, 1.807) is 4.90 Å². The molecule has 0 spiro atoms. The second-order valence-electron chi connectivity index (χ2n) is 4.15. The number of hydrogen-bond donors (Lipinski definition) is 1. The molecule has 1 heterocycles. The SMILES string of the molecule is CC1(C)CNC(=O)N(CCC#N)C1. The van der Waals surface area contributed by atoms with E-state index in [0.29, 0.717) is 13.0 Å². The summed E-state index contributed by atoms with van der Waals surface area (Å²) in [7, 11) is 0. The third-order valence-electron chi connectivity index (χ3n) is 2.12. The fourth-order valence-corrected chi connectivity index (χ4v) is 1.44. The number of carbonyl (C=O) groups is 1. The van der Waals surface area contributed by atoms with Gasteiger partial charge in [-0.05, 0) is 5.41 Å². The Bertz CT molecular complexity index is 242. The molecule has 0 unspecified atom stereocenters. The van der Waals surface area contributed by atoms with Crippen LogP contribution in [-0.4, -0.2) is 30.6 Å². The van der Waals surface area contributed by atoms with Crippen molar-refractivity contribution >= 4 is 6.03 Å². The Morgan fingerprint density at radius 3 is 3.00 bits per heavy atom. The summed E-state index contributed by atoms with van der Waals surface area (Å²) in [6.07, 6.45) is 0.406. The van der Waals surface area contributed by atoms with Crippen LogP contribution >= 0.6 is 0 Å². The molecule has 0 saturated carbocycles. The first kappa shape index (κ1) is 9.85. The van der Waals surface area contributed by atoms with E-state index in [1.165, 1.54) is 0 Å². The van der Waals surface area contributed by atoms with Crippen LogP contribution in [0.5, 0.6) is 0 Å². The van der Waals surface area contributed by atoms with Gasteiger partial charge in [-0.2, -0.15) is 5.26 Å². The van der Waals surface area contributed by atoms with Gasteiger partial charge in [0.15, 0.2) is 0 Å². The van der Waals surface area contributed by atoms with Gasteiger partial charge in [0, 0.05) is 19.6 Å². The van der Waals surface area contributed by atoms with Crippen LogP contribution in [0.1, 0.15) is 20.3 Å². The van der Waals surface area contributed by atoms with E-state index in [-0.39, 0.29) is 11.4 Å². The molecule has 72 valence electrons. The van der Waals surface area contributed by atoms with Crippen LogP contribution in [0.3, 0.4) is 0 Å². The number of nitrogens with one attached hydrogen (secondary N) is 1. The van der Waals surface area contributed by atoms with Crippen LogP contribution in [0.2, 0.25) is 0 Å². The molecule has 2 amide bonds. The molecule has 13 heavy (non-hydrogen) atoms. The quantitative estimate of drug-likeness (QED) is 0.689. The number of hydrogen-bond acceptors (Lipinski definition) is 2.